The Balaban J connectivity index is 1.67. The third kappa shape index (κ3) is 4.40. The van der Waals surface area contributed by atoms with Crippen LogP contribution in [0.3, 0.4) is 0 Å². The van der Waals surface area contributed by atoms with Gasteiger partial charge in [0.15, 0.2) is 0 Å². The van der Waals surface area contributed by atoms with Crippen molar-refractivity contribution in [2.75, 3.05) is 0 Å². The molecule has 2 nitrogen and oxygen atoms in total. The summed E-state index contributed by atoms with van der Waals surface area (Å²) < 4.78 is 24.4. The molecule has 0 aliphatic rings. The normalized spacial score (nSPS) is 10.5. The van der Waals surface area contributed by atoms with Crippen molar-refractivity contribution in [1.29, 1.82) is 0 Å². The molecule has 3 aromatic carbocycles. The van der Waals surface area contributed by atoms with Gasteiger partial charge in [-0.15, -0.1) is 0 Å². The van der Waals surface area contributed by atoms with Crippen molar-refractivity contribution in [1.82, 2.24) is 0 Å². The van der Waals surface area contributed by atoms with E-state index in [0.717, 1.165) is 5.56 Å². The van der Waals surface area contributed by atoms with Crippen LogP contribution in [-0.4, -0.2) is 0 Å². The van der Waals surface area contributed by atoms with E-state index in [1.54, 1.807) is 42.5 Å². The minimum atomic E-state index is -0.360. The molecule has 0 radical (unpaired) electrons. The Bertz CT molecular complexity index is 835. The fourth-order valence-corrected chi connectivity index (χ4v) is 2.42. The van der Waals surface area contributed by atoms with Gasteiger partial charge < -0.3 is 9.47 Å². The van der Waals surface area contributed by atoms with E-state index in [1.165, 1.54) is 12.1 Å². The summed E-state index contributed by atoms with van der Waals surface area (Å²) in [5.41, 5.74) is 0.982. The Labute approximate surface area is 149 Å². The fourth-order valence-electron chi connectivity index (χ4n) is 2.07. The van der Waals surface area contributed by atoms with Crippen molar-refractivity contribution in [3.05, 3.63) is 88.2 Å². The van der Waals surface area contributed by atoms with Crippen LogP contribution in [0, 0.1) is 5.82 Å². The van der Waals surface area contributed by atoms with E-state index >= 15 is 0 Å². The highest BCUT2D eigenvalue weighted by atomic mass is 35.5. The van der Waals surface area contributed by atoms with Crippen LogP contribution >= 0.6 is 23.2 Å². The maximum absolute atomic E-state index is 13.2. The monoisotopic (exact) mass is 362 g/mol. The second kappa shape index (κ2) is 7.56. The molecule has 0 aliphatic heterocycles. The van der Waals surface area contributed by atoms with Crippen LogP contribution in [0.4, 0.5) is 4.39 Å². The first-order chi connectivity index (χ1) is 11.6. The molecule has 0 aliphatic carbocycles. The van der Waals surface area contributed by atoms with Gasteiger partial charge in [0.25, 0.3) is 0 Å². The number of halogens is 3. The molecule has 24 heavy (non-hydrogen) atoms. The summed E-state index contributed by atoms with van der Waals surface area (Å²) in [5, 5.41) is 1.09. The van der Waals surface area contributed by atoms with E-state index in [9.17, 15) is 4.39 Å². The lowest BCUT2D eigenvalue weighted by Gasteiger charge is -2.11. The first kappa shape index (κ1) is 16.6. The lowest BCUT2D eigenvalue weighted by Crippen LogP contribution is -1.96. The zero-order valence-corrected chi connectivity index (χ0v) is 14.0. The highest BCUT2D eigenvalue weighted by Gasteiger charge is 2.06. The summed E-state index contributed by atoms with van der Waals surface area (Å²) >= 11 is 12.1. The third-order valence-electron chi connectivity index (χ3n) is 3.24. The number of hydrogen-bond acceptors (Lipinski definition) is 2. The predicted octanol–water partition coefficient (Wildman–Crippen LogP) is 6.50. The maximum Gasteiger partial charge on any atom is 0.138 e. The van der Waals surface area contributed by atoms with Crippen molar-refractivity contribution < 1.29 is 13.9 Å². The molecule has 0 amide bonds. The van der Waals surface area contributed by atoms with Crippen LogP contribution in [-0.2, 0) is 6.61 Å². The van der Waals surface area contributed by atoms with Crippen molar-refractivity contribution in [3.63, 3.8) is 0 Å². The molecule has 0 bridgehead atoms. The van der Waals surface area contributed by atoms with Gasteiger partial charge in [0.1, 0.15) is 29.7 Å². The molecule has 0 saturated carbocycles. The van der Waals surface area contributed by atoms with Gasteiger partial charge in [-0.05, 0) is 42.0 Å². The van der Waals surface area contributed by atoms with Crippen molar-refractivity contribution in [2.24, 2.45) is 0 Å². The molecule has 0 unspecified atom stereocenters. The van der Waals surface area contributed by atoms with Crippen LogP contribution < -0.4 is 9.47 Å². The number of rotatable bonds is 5. The minimum absolute atomic E-state index is 0.360. The Morgan fingerprint density at radius 3 is 2.29 bits per heavy atom. The van der Waals surface area contributed by atoms with Crippen LogP contribution in [0.1, 0.15) is 5.56 Å². The molecule has 0 fully saturated rings. The molecule has 0 saturated heterocycles. The Morgan fingerprint density at radius 2 is 1.58 bits per heavy atom. The van der Waals surface area contributed by atoms with Gasteiger partial charge in [0, 0.05) is 17.2 Å². The molecular formula is C19H13Cl2FO2. The molecule has 0 N–H and O–H groups in total. The summed E-state index contributed by atoms with van der Waals surface area (Å²) in [6.45, 7) is 0.376. The second-order valence-electron chi connectivity index (χ2n) is 5.07. The van der Waals surface area contributed by atoms with Gasteiger partial charge >= 0.3 is 0 Å². The molecular weight excluding hydrogens is 350 g/mol. The lowest BCUT2D eigenvalue weighted by atomic mass is 10.2. The van der Waals surface area contributed by atoms with E-state index in [1.807, 2.05) is 12.1 Å². The first-order valence-corrected chi connectivity index (χ1v) is 7.96. The van der Waals surface area contributed by atoms with E-state index in [2.05, 4.69) is 0 Å². The first-order valence-electron chi connectivity index (χ1n) is 7.20. The van der Waals surface area contributed by atoms with Gasteiger partial charge in [0.2, 0.25) is 0 Å². The van der Waals surface area contributed by atoms with Crippen molar-refractivity contribution >= 4 is 23.2 Å². The van der Waals surface area contributed by atoms with E-state index in [4.69, 9.17) is 32.7 Å². The van der Waals surface area contributed by atoms with Crippen LogP contribution in [0.25, 0.3) is 0 Å². The summed E-state index contributed by atoms with van der Waals surface area (Å²) in [4.78, 5) is 0. The highest BCUT2D eigenvalue weighted by molar-refractivity contribution is 6.32. The summed E-state index contributed by atoms with van der Waals surface area (Å²) in [6.07, 6.45) is 0. The minimum Gasteiger partial charge on any atom is -0.487 e. The number of ether oxygens (including phenoxy) is 2. The SMILES string of the molecule is Fc1cccc(Oc2ccc(OCc3ccc(Cl)cc3)c(Cl)c2)c1. The average Bonchev–Trinajstić information content (AvgIpc) is 2.56. The predicted molar refractivity (Wildman–Crippen MR) is 93.7 cm³/mol. The molecule has 0 atom stereocenters. The summed E-state index contributed by atoms with van der Waals surface area (Å²) in [5.74, 6) is 1.09. The van der Waals surface area contributed by atoms with Crippen LogP contribution in [0.15, 0.2) is 66.7 Å². The summed E-state index contributed by atoms with van der Waals surface area (Å²) in [7, 11) is 0. The highest BCUT2D eigenvalue weighted by Crippen LogP contribution is 2.32. The van der Waals surface area contributed by atoms with Crippen molar-refractivity contribution in [2.45, 2.75) is 6.61 Å². The maximum atomic E-state index is 13.2. The van der Waals surface area contributed by atoms with E-state index < -0.39 is 0 Å². The molecule has 0 heterocycles. The summed E-state index contributed by atoms with van der Waals surface area (Å²) in [6, 6.07) is 18.3. The quantitative estimate of drug-likeness (QED) is 0.515. The fraction of sp³-hybridized carbons (Fsp3) is 0.0526. The molecule has 122 valence electrons. The topological polar surface area (TPSA) is 18.5 Å². The molecule has 3 rings (SSSR count). The number of benzene rings is 3. The lowest BCUT2D eigenvalue weighted by molar-refractivity contribution is 0.306. The van der Waals surface area contributed by atoms with Crippen molar-refractivity contribution in [3.8, 4) is 17.2 Å². The molecule has 0 spiro atoms. The van der Waals surface area contributed by atoms with Gasteiger partial charge in [-0.25, -0.2) is 4.39 Å². The van der Waals surface area contributed by atoms with E-state index in [0.29, 0.717) is 33.9 Å². The molecule has 0 aromatic heterocycles. The van der Waals surface area contributed by atoms with Gasteiger partial charge in [-0.2, -0.15) is 0 Å². The third-order valence-corrected chi connectivity index (χ3v) is 3.79. The Kier molecular flexibility index (Phi) is 5.24. The standard InChI is InChI=1S/C19H13Cl2FO2/c20-14-6-4-13(5-7-14)12-23-19-9-8-17(11-18(19)21)24-16-3-1-2-15(22)10-16/h1-11H,12H2. The van der Waals surface area contributed by atoms with Crippen LogP contribution in [0.5, 0.6) is 17.2 Å². The van der Waals surface area contributed by atoms with Gasteiger partial charge in [-0.1, -0.05) is 41.4 Å². The van der Waals surface area contributed by atoms with Gasteiger partial charge in [-0.3, -0.25) is 0 Å². The van der Waals surface area contributed by atoms with Gasteiger partial charge in [0.05, 0.1) is 5.02 Å². The largest absolute Gasteiger partial charge is 0.487 e. The zero-order chi connectivity index (χ0) is 16.9. The number of hydrogen-bond donors (Lipinski definition) is 0. The zero-order valence-electron chi connectivity index (χ0n) is 12.5. The second-order valence-corrected chi connectivity index (χ2v) is 5.91. The Hall–Kier alpha value is -2.23. The smallest absolute Gasteiger partial charge is 0.138 e. The van der Waals surface area contributed by atoms with Crippen LogP contribution in [0.2, 0.25) is 10.0 Å². The molecule has 5 heteroatoms. The average molecular weight is 363 g/mol. The van der Waals surface area contributed by atoms with E-state index in [-0.39, 0.29) is 5.82 Å². The molecule has 3 aromatic rings. The Morgan fingerprint density at radius 1 is 0.833 bits per heavy atom.